The van der Waals surface area contributed by atoms with Gasteiger partial charge in [-0.05, 0) is 24.3 Å². The Morgan fingerprint density at radius 3 is 2.29 bits per heavy atom. The number of nitro benzene ring substituents is 1. The smallest absolute Gasteiger partial charge is 0.269 e. The van der Waals surface area contributed by atoms with Gasteiger partial charge in [-0.1, -0.05) is 6.07 Å². The second-order valence-electron chi connectivity index (χ2n) is 4.62. The lowest BCUT2D eigenvalue weighted by molar-refractivity contribution is -0.384. The van der Waals surface area contributed by atoms with Crippen LogP contribution in [0.4, 0.5) is 5.69 Å². The summed E-state index contributed by atoms with van der Waals surface area (Å²) in [7, 11) is 0. The van der Waals surface area contributed by atoms with E-state index in [0.717, 1.165) is 0 Å². The molecule has 7 nitrogen and oxygen atoms in total. The number of rotatable bonds is 3. The van der Waals surface area contributed by atoms with Crippen molar-refractivity contribution >= 4 is 5.69 Å². The van der Waals surface area contributed by atoms with Crippen LogP contribution in [-0.2, 0) is 0 Å². The van der Waals surface area contributed by atoms with Gasteiger partial charge in [0.1, 0.15) is 24.0 Å². The minimum atomic E-state index is -0.949. The Balaban J connectivity index is 1.82. The second-order valence-corrected chi connectivity index (χ2v) is 4.62. The molecule has 7 heteroatoms. The Bertz CT molecular complexity index is 686. The number of fused-ring (bicyclic) bond motifs is 1. The summed E-state index contributed by atoms with van der Waals surface area (Å²) in [6.45, 7) is 0. The standard InChI is InChI=1S/C14H12N2O5/c17-13-11-6-5-10(7-12(11)14(18)15-13)21-9-3-1-8(2-4-9)16(19)20/h1-7,13-15,17-18H. The fourth-order valence-corrected chi connectivity index (χ4v) is 2.20. The monoisotopic (exact) mass is 288 g/mol. The third kappa shape index (κ3) is 2.57. The summed E-state index contributed by atoms with van der Waals surface area (Å²) >= 11 is 0. The first-order valence-corrected chi connectivity index (χ1v) is 6.23. The van der Waals surface area contributed by atoms with Gasteiger partial charge >= 0.3 is 0 Å². The molecule has 0 saturated carbocycles. The van der Waals surface area contributed by atoms with E-state index in [0.29, 0.717) is 22.6 Å². The number of hydrogen-bond acceptors (Lipinski definition) is 6. The van der Waals surface area contributed by atoms with Crippen molar-refractivity contribution in [1.82, 2.24) is 5.32 Å². The van der Waals surface area contributed by atoms with E-state index in [1.807, 2.05) is 0 Å². The first kappa shape index (κ1) is 13.5. The molecule has 0 aromatic heterocycles. The van der Waals surface area contributed by atoms with E-state index < -0.39 is 17.4 Å². The van der Waals surface area contributed by atoms with Crippen molar-refractivity contribution in [3.05, 3.63) is 63.7 Å². The van der Waals surface area contributed by atoms with Gasteiger partial charge in [0.25, 0.3) is 5.69 Å². The molecule has 1 heterocycles. The van der Waals surface area contributed by atoms with Crippen molar-refractivity contribution in [1.29, 1.82) is 0 Å². The van der Waals surface area contributed by atoms with Crippen LogP contribution in [0.1, 0.15) is 23.6 Å². The van der Waals surface area contributed by atoms with E-state index >= 15 is 0 Å². The van der Waals surface area contributed by atoms with E-state index in [-0.39, 0.29) is 5.69 Å². The molecule has 0 amide bonds. The number of aliphatic hydroxyl groups excluding tert-OH is 2. The number of non-ortho nitro benzene ring substituents is 1. The van der Waals surface area contributed by atoms with Crippen LogP contribution in [0.3, 0.4) is 0 Å². The molecule has 0 bridgehead atoms. The highest BCUT2D eigenvalue weighted by Crippen LogP contribution is 2.34. The van der Waals surface area contributed by atoms with Crippen molar-refractivity contribution in [2.45, 2.75) is 12.5 Å². The Kier molecular flexibility index (Phi) is 3.30. The van der Waals surface area contributed by atoms with Crippen molar-refractivity contribution in [2.24, 2.45) is 0 Å². The molecule has 1 aliphatic rings. The zero-order valence-corrected chi connectivity index (χ0v) is 10.8. The van der Waals surface area contributed by atoms with Crippen LogP contribution < -0.4 is 10.1 Å². The number of nitro groups is 1. The molecule has 21 heavy (non-hydrogen) atoms. The molecule has 2 unspecified atom stereocenters. The molecule has 0 fully saturated rings. The minimum absolute atomic E-state index is 0.0148. The van der Waals surface area contributed by atoms with Crippen LogP contribution in [0.25, 0.3) is 0 Å². The maximum atomic E-state index is 10.6. The Morgan fingerprint density at radius 2 is 1.62 bits per heavy atom. The Hall–Kier alpha value is -2.48. The molecule has 1 aliphatic heterocycles. The summed E-state index contributed by atoms with van der Waals surface area (Å²) in [6, 6.07) is 10.6. The summed E-state index contributed by atoms with van der Waals surface area (Å²) in [4.78, 5) is 10.1. The highest BCUT2D eigenvalue weighted by Gasteiger charge is 2.27. The molecule has 2 atom stereocenters. The van der Waals surface area contributed by atoms with Gasteiger partial charge in [-0.3, -0.25) is 15.4 Å². The van der Waals surface area contributed by atoms with Gasteiger partial charge in [-0.25, -0.2) is 0 Å². The molecule has 3 N–H and O–H groups in total. The molecule has 0 saturated heterocycles. The van der Waals surface area contributed by atoms with Crippen LogP contribution in [0.5, 0.6) is 11.5 Å². The molecule has 0 aliphatic carbocycles. The topological polar surface area (TPSA) is 105 Å². The summed E-state index contributed by atoms with van der Waals surface area (Å²) in [5, 5.41) is 32.5. The average molecular weight is 288 g/mol. The quantitative estimate of drug-likeness (QED) is 0.589. The normalized spacial score (nSPS) is 20.1. The van der Waals surface area contributed by atoms with Gasteiger partial charge in [-0.2, -0.15) is 0 Å². The predicted molar refractivity (Wildman–Crippen MR) is 72.7 cm³/mol. The fraction of sp³-hybridized carbons (Fsp3) is 0.143. The lowest BCUT2D eigenvalue weighted by atomic mass is 10.1. The van der Waals surface area contributed by atoms with Gasteiger partial charge < -0.3 is 14.9 Å². The van der Waals surface area contributed by atoms with E-state index in [1.54, 1.807) is 18.2 Å². The molecular weight excluding hydrogens is 276 g/mol. The summed E-state index contributed by atoms with van der Waals surface area (Å²) in [6.07, 6.45) is -1.85. The van der Waals surface area contributed by atoms with E-state index in [2.05, 4.69) is 5.32 Å². The largest absolute Gasteiger partial charge is 0.457 e. The highest BCUT2D eigenvalue weighted by molar-refractivity contribution is 5.43. The third-order valence-electron chi connectivity index (χ3n) is 3.25. The average Bonchev–Trinajstić information content (AvgIpc) is 2.74. The fourth-order valence-electron chi connectivity index (χ4n) is 2.20. The molecule has 0 spiro atoms. The second kappa shape index (κ2) is 5.13. The molecule has 108 valence electrons. The van der Waals surface area contributed by atoms with Crippen LogP contribution in [0.15, 0.2) is 42.5 Å². The van der Waals surface area contributed by atoms with Crippen molar-refractivity contribution < 1.29 is 19.9 Å². The SMILES string of the molecule is O=[N+]([O-])c1ccc(Oc2ccc3c(c2)C(O)NC3O)cc1. The number of hydrogen-bond donors (Lipinski definition) is 3. The van der Waals surface area contributed by atoms with Gasteiger partial charge in [0.05, 0.1) is 4.92 Å². The molecule has 0 radical (unpaired) electrons. The molecular formula is C14H12N2O5. The van der Waals surface area contributed by atoms with E-state index in [9.17, 15) is 20.3 Å². The van der Waals surface area contributed by atoms with E-state index in [4.69, 9.17) is 4.74 Å². The van der Waals surface area contributed by atoms with Crippen molar-refractivity contribution in [3.8, 4) is 11.5 Å². The van der Waals surface area contributed by atoms with Crippen LogP contribution in [-0.4, -0.2) is 15.1 Å². The lowest BCUT2D eigenvalue weighted by Crippen LogP contribution is -2.16. The zero-order chi connectivity index (χ0) is 15.0. The van der Waals surface area contributed by atoms with Gasteiger partial charge in [0.2, 0.25) is 0 Å². The highest BCUT2D eigenvalue weighted by atomic mass is 16.6. The maximum Gasteiger partial charge on any atom is 0.269 e. The summed E-state index contributed by atoms with van der Waals surface area (Å²) in [5.41, 5.74) is 1.12. The van der Waals surface area contributed by atoms with Crippen molar-refractivity contribution in [2.75, 3.05) is 0 Å². The minimum Gasteiger partial charge on any atom is -0.457 e. The molecule has 3 rings (SSSR count). The summed E-state index contributed by atoms with van der Waals surface area (Å²) in [5.74, 6) is 0.916. The molecule has 2 aromatic rings. The van der Waals surface area contributed by atoms with Gasteiger partial charge in [-0.15, -0.1) is 0 Å². The summed E-state index contributed by atoms with van der Waals surface area (Å²) < 4.78 is 5.58. The lowest BCUT2D eigenvalue weighted by Gasteiger charge is -2.08. The Morgan fingerprint density at radius 1 is 1.00 bits per heavy atom. The number of benzene rings is 2. The predicted octanol–water partition coefficient (Wildman–Crippen LogP) is 1.97. The molecule has 2 aromatic carbocycles. The van der Waals surface area contributed by atoms with Gasteiger partial charge in [0.15, 0.2) is 0 Å². The third-order valence-corrected chi connectivity index (χ3v) is 3.25. The number of aliphatic hydroxyl groups is 2. The van der Waals surface area contributed by atoms with Crippen molar-refractivity contribution in [3.63, 3.8) is 0 Å². The van der Waals surface area contributed by atoms with Crippen LogP contribution in [0, 0.1) is 10.1 Å². The van der Waals surface area contributed by atoms with E-state index in [1.165, 1.54) is 24.3 Å². The Labute approximate surface area is 119 Å². The zero-order valence-electron chi connectivity index (χ0n) is 10.8. The first-order chi connectivity index (χ1) is 10.0. The van der Waals surface area contributed by atoms with Gasteiger partial charge in [0, 0.05) is 23.3 Å². The number of nitrogens with one attached hydrogen (secondary N) is 1. The van der Waals surface area contributed by atoms with Crippen LogP contribution >= 0.6 is 0 Å². The van der Waals surface area contributed by atoms with Crippen LogP contribution in [0.2, 0.25) is 0 Å². The number of nitrogens with zero attached hydrogens (tertiary/aromatic N) is 1. The maximum absolute atomic E-state index is 10.6. The first-order valence-electron chi connectivity index (χ1n) is 6.23. The number of ether oxygens (including phenoxy) is 1.